The Morgan fingerprint density at radius 1 is 1.38 bits per heavy atom. The summed E-state index contributed by atoms with van der Waals surface area (Å²) in [5.74, 6) is 0. The molecule has 0 saturated heterocycles. The summed E-state index contributed by atoms with van der Waals surface area (Å²) >= 11 is 18.1. The highest BCUT2D eigenvalue weighted by Gasteiger charge is 2.58. The van der Waals surface area contributed by atoms with Crippen LogP contribution in [-0.2, 0) is 6.42 Å². The highest BCUT2D eigenvalue weighted by Crippen LogP contribution is 2.53. The Labute approximate surface area is 139 Å². The van der Waals surface area contributed by atoms with Crippen molar-refractivity contribution in [2.75, 3.05) is 6.54 Å². The number of β-amino-alcohol motifs (C(OH)–C–C–N with tert-alkyl or cyclic N) is 1. The summed E-state index contributed by atoms with van der Waals surface area (Å²) < 4.78 is 0. The minimum Gasteiger partial charge on any atom is -0.386 e. The fraction of sp³-hybridized carbons (Fsp3) is 0.467. The van der Waals surface area contributed by atoms with E-state index in [1.54, 1.807) is 11.2 Å². The Hall–Kier alpha value is -0.680. The molecule has 0 spiro atoms. The van der Waals surface area contributed by atoms with Gasteiger partial charge in [-0.1, -0.05) is 42.0 Å². The molecule has 1 aliphatic carbocycles. The third-order valence-corrected chi connectivity index (χ3v) is 5.63. The van der Waals surface area contributed by atoms with Gasteiger partial charge in [-0.25, -0.2) is 0 Å². The molecule has 6 heteroatoms. The molecule has 2 aliphatic rings. The van der Waals surface area contributed by atoms with Gasteiger partial charge in [-0.3, -0.25) is 5.01 Å². The van der Waals surface area contributed by atoms with Gasteiger partial charge in [-0.2, -0.15) is 5.10 Å². The van der Waals surface area contributed by atoms with Crippen LogP contribution in [0.5, 0.6) is 0 Å². The number of benzene rings is 1. The molecule has 1 aliphatic heterocycles. The smallest absolute Gasteiger partial charge is 0.107 e. The van der Waals surface area contributed by atoms with Crippen LogP contribution < -0.4 is 0 Å². The van der Waals surface area contributed by atoms with Crippen molar-refractivity contribution in [1.29, 1.82) is 0 Å². The Bertz CT molecular complexity index is 603. The van der Waals surface area contributed by atoms with E-state index < -0.39 is 10.5 Å². The van der Waals surface area contributed by atoms with Crippen molar-refractivity contribution < 1.29 is 5.11 Å². The van der Waals surface area contributed by atoms with Crippen LogP contribution in [0.25, 0.3) is 0 Å². The predicted octanol–water partition coefficient (Wildman–Crippen LogP) is 3.40. The average molecular weight is 343 g/mol. The highest BCUT2D eigenvalue weighted by molar-refractivity contribution is 7.80. The quantitative estimate of drug-likeness (QED) is 0.657. The molecule has 1 aromatic rings. The van der Waals surface area contributed by atoms with E-state index in [1.165, 1.54) is 0 Å². The number of rotatable bonds is 5. The first-order chi connectivity index (χ1) is 9.94. The molecule has 1 atom stereocenters. The number of nitrogens with zero attached hydrogens (tertiary/aromatic N) is 2. The molecule has 3 rings (SSSR count). The largest absolute Gasteiger partial charge is 0.386 e. The van der Waals surface area contributed by atoms with Crippen molar-refractivity contribution in [3.05, 3.63) is 34.9 Å². The lowest BCUT2D eigenvalue weighted by Crippen LogP contribution is -2.51. The van der Waals surface area contributed by atoms with E-state index in [2.05, 4.69) is 5.10 Å². The van der Waals surface area contributed by atoms with E-state index >= 15 is 0 Å². The molecule has 0 bridgehead atoms. The molecule has 21 heavy (non-hydrogen) atoms. The standard InChI is InChI=1S/C15H16Cl2N2OS/c16-12-4-2-1-3-11(12)9-15(20,14(17)6-7-14)10-19-13(21)5-8-18-19/h1-4,8,20H,5-7,9-10H2/t15-/m0/s1. The van der Waals surface area contributed by atoms with Crippen molar-refractivity contribution in [2.45, 2.75) is 36.2 Å². The molecule has 0 amide bonds. The fourth-order valence-corrected chi connectivity index (χ4v) is 3.26. The van der Waals surface area contributed by atoms with E-state index in [0.717, 1.165) is 18.4 Å². The zero-order valence-electron chi connectivity index (χ0n) is 11.4. The van der Waals surface area contributed by atoms with Gasteiger partial charge in [0.2, 0.25) is 0 Å². The Balaban J connectivity index is 1.85. The number of hydrogen-bond donors (Lipinski definition) is 1. The molecule has 1 saturated carbocycles. The maximum atomic E-state index is 11.2. The second kappa shape index (κ2) is 5.51. The van der Waals surface area contributed by atoms with Crippen LogP contribution in [-0.4, -0.2) is 38.3 Å². The van der Waals surface area contributed by atoms with Gasteiger partial charge in [0.1, 0.15) is 10.6 Å². The van der Waals surface area contributed by atoms with Gasteiger partial charge in [0.05, 0.1) is 11.4 Å². The molecule has 112 valence electrons. The van der Waals surface area contributed by atoms with E-state index in [1.807, 2.05) is 24.3 Å². The van der Waals surface area contributed by atoms with Gasteiger partial charge < -0.3 is 5.11 Å². The van der Waals surface area contributed by atoms with Crippen LogP contribution in [0.1, 0.15) is 24.8 Å². The summed E-state index contributed by atoms with van der Waals surface area (Å²) in [6.45, 7) is 0.303. The van der Waals surface area contributed by atoms with Gasteiger partial charge in [-0.05, 0) is 24.5 Å². The topological polar surface area (TPSA) is 35.8 Å². The highest BCUT2D eigenvalue weighted by atomic mass is 35.5. The molecular formula is C15H16Cl2N2OS. The lowest BCUT2D eigenvalue weighted by molar-refractivity contribution is 0.00987. The maximum absolute atomic E-state index is 11.2. The number of aliphatic hydroxyl groups is 1. The first kappa shape index (κ1) is 15.2. The van der Waals surface area contributed by atoms with Crippen LogP contribution in [0.4, 0.5) is 0 Å². The number of hydrazone groups is 1. The summed E-state index contributed by atoms with van der Waals surface area (Å²) in [5, 5.41) is 17.7. The lowest BCUT2D eigenvalue weighted by atomic mass is 9.88. The number of halogens is 2. The third kappa shape index (κ3) is 2.95. The molecular weight excluding hydrogens is 327 g/mol. The van der Waals surface area contributed by atoms with Crippen molar-refractivity contribution in [3.8, 4) is 0 Å². The third-order valence-electron chi connectivity index (χ3n) is 4.15. The van der Waals surface area contributed by atoms with Crippen LogP contribution in [0.2, 0.25) is 5.02 Å². The Morgan fingerprint density at radius 2 is 2.10 bits per heavy atom. The zero-order chi connectivity index (χ0) is 15.1. The molecule has 0 unspecified atom stereocenters. The normalized spacial score (nSPS) is 22.4. The molecule has 3 nitrogen and oxygen atoms in total. The monoisotopic (exact) mass is 342 g/mol. The lowest BCUT2D eigenvalue weighted by Gasteiger charge is -2.36. The number of hydrogen-bond acceptors (Lipinski definition) is 3. The van der Waals surface area contributed by atoms with Crippen LogP contribution in [0.15, 0.2) is 29.4 Å². The fourth-order valence-electron chi connectivity index (χ4n) is 2.65. The summed E-state index contributed by atoms with van der Waals surface area (Å²) in [4.78, 5) is 0.105. The second-order valence-electron chi connectivity index (χ2n) is 5.72. The van der Waals surface area contributed by atoms with Crippen molar-refractivity contribution in [1.82, 2.24) is 5.01 Å². The molecule has 1 N–H and O–H groups in total. The first-order valence-corrected chi connectivity index (χ1v) is 8.07. The minimum absolute atomic E-state index is 0.303. The zero-order valence-corrected chi connectivity index (χ0v) is 13.8. The molecule has 0 aromatic heterocycles. The average Bonchev–Trinajstić information content (AvgIpc) is 3.09. The number of alkyl halides is 1. The van der Waals surface area contributed by atoms with Crippen molar-refractivity contribution in [3.63, 3.8) is 0 Å². The maximum Gasteiger partial charge on any atom is 0.107 e. The van der Waals surface area contributed by atoms with E-state index in [-0.39, 0.29) is 0 Å². The first-order valence-electron chi connectivity index (χ1n) is 6.91. The van der Waals surface area contributed by atoms with Gasteiger partial charge in [0.25, 0.3) is 0 Å². The van der Waals surface area contributed by atoms with Crippen LogP contribution in [0, 0.1) is 0 Å². The molecule has 0 radical (unpaired) electrons. The second-order valence-corrected chi connectivity index (χ2v) is 7.32. The SMILES string of the molecule is O[C@@](Cc1ccccc1Cl)(CN1N=CCC1=S)C1(Cl)CC1. The molecule has 1 fully saturated rings. The summed E-state index contributed by atoms with van der Waals surface area (Å²) in [6.07, 6.45) is 4.38. The van der Waals surface area contributed by atoms with Gasteiger partial charge in [0, 0.05) is 24.1 Å². The predicted molar refractivity (Wildman–Crippen MR) is 90.3 cm³/mol. The van der Waals surface area contributed by atoms with Gasteiger partial charge in [-0.15, -0.1) is 11.6 Å². The summed E-state index contributed by atoms with van der Waals surface area (Å²) in [6, 6.07) is 7.53. The number of thiocarbonyl (C=S) groups is 1. The van der Waals surface area contributed by atoms with Crippen LogP contribution in [0.3, 0.4) is 0 Å². The van der Waals surface area contributed by atoms with Crippen molar-refractivity contribution in [2.24, 2.45) is 5.10 Å². The molecule has 1 heterocycles. The van der Waals surface area contributed by atoms with E-state index in [4.69, 9.17) is 35.4 Å². The summed E-state index contributed by atoms with van der Waals surface area (Å²) in [7, 11) is 0. The Morgan fingerprint density at radius 3 is 2.67 bits per heavy atom. The van der Waals surface area contributed by atoms with Gasteiger partial charge in [0.15, 0.2) is 0 Å². The minimum atomic E-state index is -1.11. The summed E-state index contributed by atoms with van der Waals surface area (Å²) in [5.41, 5.74) is -0.214. The Kier molecular flexibility index (Phi) is 3.99. The van der Waals surface area contributed by atoms with Gasteiger partial charge >= 0.3 is 0 Å². The van der Waals surface area contributed by atoms with Crippen LogP contribution >= 0.6 is 35.4 Å². The molecule has 1 aromatic carbocycles. The van der Waals surface area contributed by atoms with E-state index in [0.29, 0.717) is 29.4 Å². The van der Waals surface area contributed by atoms with E-state index in [9.17, 15) is 5.11 Å². The van der Waals surface area contributed by atoms with Crippen molar-refractivity contribution >= 4 is 46.6 Å².